The van der Waals surface area contributed by atoms with E-state index in [0.717, 1.165) is 18.9 Å². The summed E-state index contributed by atoms with van der Waals surface area (Å²) in [4.78, 5) is 11.7. The van der Waals surface area contributed by atoms with Crippen LogP contribution in [-0.4, -0.2) is 5.78 Å². The van der Waals surface area contributed by atoms with Gasteiger partial charge in [-0.1, -0.05) is 12.1 Å². The SMILES string of the molecule is O=C(C1=CCCC1)c1cccc(F)c1F. The van der Waals surface area contributed by atoms with E-state index in [2.05, 4.69) is 0 Å². The molecule has 0 saturated heterocycles. The van der Waals surface area contributed by atoms with Gasteiger partial charge in [-0.05, 0) is 37.0 Å². The average molecular weight is 208 g/mol. The fraction of sp³-hybridized carbons (Fsp3) is 0.250. The van der Waals surface area contributed by atoms with Crippen molar-refractivity contribution in [1.29, 1.82) is 0 Å². The first-order valence-electron chi connectivity index (χ1n) is 4.88. The van der Waals surface area contributed by atoms with E-state index < -0.39 is 11.6 Å². The summed E-state index contributed by atoms with van der Waals surface area (Å²) >= 11 is 0. The Balaban J connectivity index is 2.37. The Labute approximate surface area is 86.4 Å². The van der Waals surface area contributed by atoms with Gasteiger partial charge in [-0.2, -0.15) is 0 Å². The normalized spacial score (nSPS) is 15.2. The molecule has 0 saturated carbocycles. The molecule has 1 aromatic carbocycles. The van der Waals surface area contributed by atoms with E-state index in [4.69, 9.17) is 0 Å². The van der Waals surface area contributed by atoms with Crippen LogP contribution in [0.15, 0.2) is 29.8 Å². The number of rotatable bonds is 2. The van der Waals surface area contributed by atoms with Crippen LogP contribution in [0.25, 0.3) is 0 Å². The lowest BCUT2D eigenvalue weighted by Gasteiger charge is -2.03. The number of carbonyl (C=O) groups is 1. The van der Waals surface area contributed by atoms with Gasteiger partial charge in [0.25, 0.3) is 0 Å². The van der Waals surface area contributed by atoms with Crippen LogP contribution < -0.4 is 0 Å². The van der Waals surface area contributed by atoms with Crippen molar-refractivity contribution in [3.8, 4) is 0 Å². The molecule has 2 rings (SSSR count). The summed E-state index contributed by atoms with van der Waals surface area (Å²) in [5, 5.41) is 0. The molecule has 3 heteroatoms. The lowest BCUT2D eigenvalue weighted by molar-refractivity contribution is 0.102. The van der Waals surface area contributed by atoms with Crippen molar-refractivity contribution in [2.45, 2.75) is 19.3 Å². The average Bonchev–Trinajstić information content (AvgIpc) is 2.74. The van der Waals surface area contributed by atoms with E-state index in [-0.39, 0.29) is 11.3 Å². The highest BCUT2D eigenvalue weighted by Gasteiger charge is 2.20. The second-order valence-corrected chi connectivity index (χ2v) is 3.55. The van der Waals surface area contributed by atoms with Gasteiger partial charge in [0.15, 0.2) is 17.4 Å². The highest BCUT2D eigenvalue weighted by molar-refractivity contribution is 6.09. The number of hydrogen-bond donors (Lipinski definition) is 0. The standard InChI is InChI=1S/C12H10F2O/c13-10-7-3-6-9(11(10)14)12(15)8-4-1-2-5-8/h3-4,6-7H,1-2,5H2. The summed E-state index contributed by atoms with van der Waals surface area (Å²) in [6.07, 6.45) is 4.22. The maximum absolute atomic E-state index is 13.3. The molecule has 0 heterocycles. The molecular formula is C12H10F2O. The summed E-state index contributed by atoms with van der Waals surface area (Å²) in [5.74, 6) is -2.40. The van der Waals surface area contributed by atoms with Crippen molar-refractivity contribution < 1.29 is 13.6 Å². The highest BCUT2D eigenvalue weighted by Crippen LogP contribution is 2.23. The van der Waals surface area contributed by atoms with Gasteiger partial charge in [-0.3, -0.25) is 4.79 Å². The maximum Gasteiger partial charge on any atom is 0.191 e. The Morgan fingerprint density at radius 1 is 1.27 bits per heavy atom. The smallest absolute Gasteiger partial charge is 0.191 e. The molecule has 78 valence electrons. The van der Waals surface area contributed by atoms with Gasteiger partial charge in [0.05, 0.1) is 5.56 Å². The van der Waals surface area contributed by atoms with Crippen molar-refractivity contribution in [2.75, 3.05) is 0 Å². The Morgan fingerprint density at radius 3 is 2.73 bits per heavy atom. The Morgan fingerprint density at radius 2 is 2.07 bits per heavy atom. The van der Waals surface area contributed by atoms with E-state index in [1.807, 2.05) is 0 Å². The third kappa shape index (κ3) is 1.82. The summed E-state index contributed by atoms with van der Waals surface area (Å²) in [6.45, 7) is 0. The van der Waals surface area contributed by atoms with Gasteiger partial charge >= 0.3 is 0 Å². The van der Waals surface area contributed by atoms with E-state index in [0.29, 0.717) is 12.0 Å². The molecule has 0 aliphatic heterocycles. The molecule has 1 aromatic rings. The Kier molecular flexibility index (Phi) is 2.62. The fourth-order valence-corrected chi connectivity index (χ4v) is 1.73. The van der Waals surface area contributed by atoms with Gasteiger partial charge in [0, 0.05) is 0 Å². The Bertz CT molecular complexity index is 435. The minimum atomic E-state index is -1.05. The molecular weight excluding hydrogens is 198 g/mol. The summed E-state index contributed by atoms with van der Waals surface area (Å²) < 4.78 is 26.2. The van der Waals surface area contributed by atoms with Crippen LogP contribution in [-0.2, 0) is 0 Å². The summed E-state index contributed by atoms with van der Waals surface area (Å²) in [6, 6.07) is 3.68. The van der Waals surface area contributed by atoms with Crippen molar-refractivity contribution in [3.63, 3.8) is 0 Å². The zero-order chi connectivity index (χ0) is 10.8. The van der Waals surface area contributed by atoms with E-state index in [9.17, 15) is 13.6 Å². The molecule has 0 unspecified atom stereocenters. The third-order valence-corrected chi connectivity index (χ3v) is 2.53. The molecule has 1 aliphatic rings. The minimum Gasteiger partial charge on any atom is -0.289 e. The lowest BCUT2D eigenvalue weighted by Crippen LogP contribution is -2.05. The summed E-state index contributed by atoms with van der Waals surface area (Å²) in [7, 11) is 0. The molecule has 0 aromatic heterocycles. The van der Waals surface area contributed by atoms with Crippen LogP contribution >= 0.6 is 0 Å². The van der Waals surface area contributed by atoms with Crippen molar-refractivity contribution >= 4 is 5.78 Å². The third-order valence-electron chi connectivity index (χ3n) is 2.53. The van der Waals surface area contributed by atoms with Crippen LogP contribution in [0.4, 0.5) is 8.78 Å². The zero-order valence-electron chi connectivity index (χ0n) is 8.09. The molecule has 1 nitrogen and oxygen atoms in total. The first-order chi connectivity index (χ1) is 7.20. The maximum atomic E-state index is 13.3. The number of carbonyl (C=O) groups excluding carboxylic acids is 1. The van der Waals surface area contributed by atoms with Crippen LogP contribution in [0.3, 0.4) is 0 Å². The Hall–Kier alpha value is -1.51. The predicted octanol–water partition coefficient (Wildman–Crippen LogP) is 3.26. The van der Waals surface area contributed by atoms with Crippen LogP contribution in [0.5, 0.6) is 0 Å². The summed E-state index contributed by atoms with van der Waals surface area (Å²) in [5.41, 5.74) is 0.433. The molecule has 1 aliphatic carbocycles. The van der Waals surface area contributed by atoms with Crippen LogP contribution in [0.2, 0.25) is 0 Å². The van der Waals surface area contributed by atoms with Crippen LogP contribution in [0, 0.1) is 11.6 Å². The van der Waals surface area contributed by atoms with Gasteiger partial charge in [-0.15, -0.1) is 0 Å². The fourth-order valence-electron chi connectivity index (χ4n) is 1.73. The van der Waals surface area contributed by atoms with Crippen LogP contribution in [0.1, 0.15) is 29.6 Å². The largest absolute Gasteiger partial charge is 0.289 e. The number of halogens is 2. The van der Waals surface area contributed by atoms with E-state index in [1.165, 1.54) is 12.1 Å². The van der Waals surface area contributed by atoms with Gasteiger partial charge < -0.3 is 0 Å². The van der Waals surface area contributed by atoms with Crippen molar-refractivity contribution in [3.05, 3.63) is 47.0 Å². The molecule has 0 amide bonds. The second-order valence-electron chi connectivity index (χ2n) is 3.55. The molecule has 0 radical (unpaired) electrons. The topological polar surface area (TPSA) is 17.1 Å². The number of hydrogen-bond acceptors (Lipinski definition) is 1. The number of Topliss-reactive ketones (excluding diaryl/α,β-unsaturated/α-hetero) is 1. The molecule has 0 spiro atoms. The molecule has 15 heavy (non-hydrogen) atoms. The quantitative estimate of drug-likeness (QED) is 0.682. The molecule has 0 bridgehead atoms. The molecule has 0 N–H and O–H groups in total. The van der Waals surface area contributed by atoms with E-state index in [1.54, 1.807) is 6.08 Å². The van der Waals surface area contributed by atoms with Gasteiger partial charge in [0.1, 0.15) is 0 Å². The highest BCUT2D eigenvalue weighted by atomic mass is 19.2. The number of allylic oxidation sites excluding steroid dienone is 2. The number of ketones is 1. The predicted molar refractivity (Wildman–Crippen MR) is 52.6 cm³/mol. The van der Waals surface area contributed by atoms with Gasteiger partial charge in [0.2, 0.25) is 0 Å². The molecule has 0 atom stereocenters. The lowest BCUT2D eigenvalue weighted by atomic mass is 10.0. The molecule has 0 fully saturated rings. The first-order valence-corrected chi connectivity index (χ1v) is 4.88. The van der Waals surface area contributed by atoms with E-state index >= 15 is 0 Å². The van der Waals surface area contributed by atoms with Crippen molar-refractivity contribution in [1.82, 2.24) is 0 Å². The monoisotopic (exact) mass is 208 g/mol. The minimum absolute atomic E-state index is 0.164. The number of benzene rings is 1. The zero-order valence-corrected chi connectivity index (χ0v) is 8.09. The first kappa shape index (κ1) is 10.0. The van der Waals surface area contributed by atoms with Gasteiger partial charge in [-0.25, -0.2) is 8.78 Å². The van der Waals surface area contributed by atoms with Crippen molar-refractivity contribution in [2.24, 2.45) is 0 Å². The second kappa shape index (κ2) is 3.93.